The van der Waals surface area contributed by atoms with Crippen molar-refractivity contribution >= 4 is 23.5 Å². The second kappa shape index (κ2) is 10.4. The molecule has 1 aliphatic carbocycles. The van der Waals surface area contributed by atoms with E-state index in [1.165, 1.54) is 12.7 Å². The second-order valence-electron chi connectivity index (χ2n) is 8.04. The van der Waals surface area contributed by atoms with Crippen molar-refractivity contribution in [1.82, 2.24) is 5.32 Å². The molecule has 0 aromatic heterocycles. The summed E-state index contributed by atoms with van der Waals surface area (Å²) in [6, 6.07) is 8.06. The van der Waals surface area contributed by atoms with Crippen LogP contribution in [0.5, 0.6) is 0 Å². The summed E-state index contributed by atoms with van der Waals surface area (Å²) in [5, 5.41) is 3.02. The SMILES string of the molecule is COC(=O)CCCCCNC(=O)C1CCCCC1C(=O)N1CCc2ccccc21. The third-order valence-corrected chi connectivity index (χ3v) is 6.16. The van der Waals surface area contributed by atoms with Crippen LogP contribution in [-0.2, 0) is 25.5 Å². The number of anilines is 1. The lowest BCUT2D eigenvalue weighted by Gasteiger charge is -2.32. The molecule has 1 N–H and O–H groups in total. The fourth-order valence-corrected chi connectivity index (χ4v) is 4.52. The number of carbonyl (C=O) groups excluding carboxylic acids is 3. The number of hydrogen-bond donors (Lipinski definition) is 1. The van der Waals surface area contributed by atoms with Crippen LogP contribution in [0.2, 0.25) is 0 Å². The maximum atomic E-state index is 13.3. The quantitative estimate of drug-likeness (QED) is 0.537. The van der Waals surface area contributed by atoms with Crippen molar-refractivity contribution in [2.24, 2.45) is 11.8 Å². The Labute approximate surface area is 173 Å². The van der Waals surface area contributed by atoms with E-state index in [1.54, 1.807) is 0 Å². The summed E-state index contributed by atoms with van der Waals surface area (Å²) < 4.78 is 4.63. The Morgan fingerprint density at radius 2 is 1.83 bits per heavy atom. The van der Waals surface area contributed by atoms with E-state index in [0.717, 1.165) is 57.1 Å². The van der Waals surface area contributed by atoms with Gasteiger partial charge in [-0.15, -0.1) is 0 Å². The third kappa shape index (κ3) is 5.37. The molecule has 0 saturated heterocycles. The number of fused-ring (bicyclic) bond motifs is 1. The number of para-hydroxylation sites is 1. The molecular weight excluding hydrogens is 368 g/mol. The summed E-state index contributed by atoms with van der Waals surface area (Å²) in [6.07, 6.45) is 7.33. The highest BCUT2D eigenvalue weighted by Gasteiger charge is 2.39. The summed E-state index contributed by atoms with van der Waals surface area (Å²) in [4.78, 5) is 39.1. The zero-order valence-electron chi connectivity index (χ0n) is 17.3. The van der Waals surface area contributed by atoms with Gasteiger partial charge in [0.15, 0.2) is 0 Å². The predicted molar refractivity (Wildman–Crippen MR) is 111 cm³/mol. The number of amides is 2. The average molecular weight is 401 g/mol. The van der Waals surface area contributed by atoms with Crippen molar-refractivity contribution in [1.29, 1.82) is 0 Å². The first kappa shape index (κ1) is 21.3. The Hall–Kier alpha value is -2.37. The zero-order chi connectivity index (χ0) is 20.6. The number of nitrogens with one attached hydrogen (secondary N) is 1. The fraction of sp³-hybridized carbons (Fsp3) is 0.609. The van der Waals surface area contributed by atoms with Crippen LogP contribution in [0.3, 0.4) is 0 Å². The van der Waals surface area contributed by atoms with Crippen molar-refractivity contribution < 1.29 is 19.1 Å². The van der Waals surface area contributed by atoms with Crippen LogP contribution in [0.1, 0.15) is 56.9 Å². The van der Waals surface area contributed by atoms with Gasteiger partial charge in [-0.2, -0.15) is 0 Å². The molecule has 1 fully saturated rings. The van der Waals surface area contributed by atoms with Gasteiger partial charge in [-0.3, -0.25) is 14.4 Å². The molecule has 1 aromatic rings. The monoisotopic (exact) mass is 400 g/mol. The molecule has 2 atom stereocenters. The predicted octanol–water partition coefficient (Wildman–Crippen LogP) is 3.23. The molecule has 1 saturated carbocycles. The van der Waals surface area contributed by atoms with Crippen LogP contribution in [0.15, 0.2) is 24.3 Å². The van der Waals surface area contributed by atoms with E-state index in [2.05, 4.69) is 16.1 Å². The number of ether oxygens (including phenoxy) is 1. The fourth-order valence-electron chi connectivity index (χ4n) is 4.52. The van der Waals surface area contributed by atoms with Crippen molar-refractivity contribution in [3.05, 3.63) is 29.8 Å². The van der Waals surface area contributed by atoms with Crippen LogP contribution in [0.25, 0.3) is 0 Å². The van der Waals surface area contributed by atoms with E-state index in [9.17, 15) is 14.4 Å². The Balaban J connectivity index is 1.51. The minimum absolute atomic E-state index is 0.00324. The number of esters is 1. The smallest absolute Gasteiger partial charge is 0.305 e. The summed E-state index contributed by atoms with van der Waals surface area (Å²) in [5.41, 5.74) is 2.22. The van der Waals surface area contributed by atoms with Gasteiger partial charge in [-0.1, -0.05) is 37.5 Å². The molecular formula is C23H32N2O4. The van der Waals surface area contributed by atoms with Gasteiger partial charge < -0.3 is 15.0 Å². The maximum Gasteiger partial charge on any atom is 0.305 e. The molecule has 0 bridgehead atoms. The largest absolute Gasteiger partial charge is 0.469 e. The number of methoxy groups -OCH3 is 1. The minimum Gasteiger partial charge on any atom is -0.469 e. The lowest BCUT2D eigenvalue weighted by Crippen LogP contribution is -2.45. The highest BCUT2D eigenvalue weighted by molar-refractivity contribution is 5.99. The Kier molecular flexibility index (Phi) is 7.67. The Morgan fingerprint density at radius 3 is 2.62 bits per heavy atom. The number of rotatable bonds is 8. The molecule has 6 heteroatoms. The number of unbranched alkanes of at least 4 members (excludes halogenated alkanes) is 2. The maximum absolute atomic E-state index is 13.3. The Bertz CT molecular complexity index is 733. The van der Waals surface area contributed by atoms with E-state index in [-0.39, 0.29) is 29.6 Å². The molecule has 0 spiro atoms. The molecule has 3 rings (SSSR count). The summed E-state index contributed by atoms with van der Waals surface area (Å²) >= 11 is 0. The topological polar surface area (TPSA) is 75.7 Å². The van der Waals surface area contributed by atoms with Gasteiger partial charge in [-0.25, -0.2) is 0 Å². The van der Waals surface area contributed by atoms with E-state index in [0.29, 0.717) is 19.5 Å². The van der Waals surface area contributed by atoms with Crippen LogP contribution in [0, 0.1) is 11.8 Å². The molecule has 0 radical (unpaired) electrons. The second-order valence-corrected chi connectivity index (χ2v) is 8.04. The molecule has 1 aliphatic heterocycles. The van der Waals surface area contributed by atoms with Gasteiger partial charge in [0.2, 0.25) is 11.8 Å². The average Bonchev–Trinajstić information content (AvgIpc) is 3.19. The number of nitrogens with zero attached hydrogens (tertiary/aromatic N) is 1. The number of hydrogen-bond acceptors (Lipinski definition) is 4. The van der Waals surface area contributed by atoms with Crippen LogP contribution < -0.4 is 10.2 Å². The molecule has 1 aromatic carbocycles. The molecule has 2 aliphatic rings. The standard InChI is InChI=1S/C23H32N2O4/c1-29-21(26)13-3-2-8-15-24-22(27)18-10-5-6-11-19(18)23(28)25-16-14-17-9-4-7-12-20(17)25/h4,7,9,12,18-19H,2-3,5-6,8,10-11,13-16H2,1H3,(H,24,27). The van der Waals surface area contributed by atoms with Crippen molar-refractivity contribution in [2.45, 2.75) is 57.8 Å². The first-order valence-electron chi connectivity index (χ1n) is 10.9. The highest BCUT2D eigenvalue weighted by atomic mass is 16.5. The van der Waals surface area contributed by atoms with Crippen LogP contribution in [-0.4, -0.2) is 38.0 Å². The van der Waals surface area contributed by atoms with Crippen molar-refractivity contribution in [2.75, 3.05) is 25.1 Å². The van der Waals surface area contributed by atoms with Gasteiger partial charge in [-0.05, 0) is 43.7 Å². The number of carbonyl (C=O) groups is 3. The highest BCUT2D eigenvalue weighted by Crippen LogP contribution is 2.35. The van der Waals surface area contributed by atoms with Gasteiger partial charge in [0.1, 0.15) is 0 Å². The van der Waals surface area contributed by atoms with Crippen LogP contribution >= 0.6 is 0 Å². The molecule has 1 heterocycles. The Morgan fingerprint density at radius 1 is 1.07 bits per heavy atom. The summed E-state index contributed by atoms with van der Waals surface area (Å²) in [5.74, 6) is -0.550. The van der Waals surface area contributed by atoms with E-state index in [4.69, 9.17) is 0 Å². The van der Waals surface area contributed by atoms with Crippen molar-refractivity contribution in [3.63, 3.8) is 0 Å². The third-order valence-electron chi connectivity index (χ3n) is 6.16. The molecule has 2 unspecified atom stereocenters. The zero-order valence-corrected chi connectivity index (χ0v) is 17.3. The summed E-state index contributed by atoms with van der Waals surface area (Å²) in [6.45, 7) is 1.30. The van der Waals surface area contributed by atoms with Crippen molar-refractivity contribution in [3.8, 4) is 0 Å². The lowest BCUT2D eigenvalue weighted by molar-refractivity contribution is -0.140. The van der Waals surface area contributed by atoms with Gasteiger partial charge in [0, 0.05) is 31.1 Å². The van der Waals surface area contributed by atoms with E-state index >= 15 is 0 Å². The minimum atomic E-state index is -0.237. The van der Waals surface area contributed by atoms with E-state index < -0.39 is 0 Å². The number of benzene rings is 1. The summed E-state index contributed by atoms with van der Waals surface area (Å²) in [7, 11) is 1.39. The molecule has 29 heavy (non-hydrogen) atoms. The normalized spacial score (nSPS) is 20.8. The van der Waals surface area contributed by atoms with Gasteiger partial charge >= 0.3 is 5.97 Å². The van der Waals surface area contributed by atoms with E-state index in [1.807, 2.05) is 23.1 Å². The van der Waals surface area contributed by atoms with Gasteiger partial charge in [0.05, 0.1) is 13.0 Å². The first-order chi connectivity index (χ1) is 14.1. The molecule has 6 nitrogen and oxygen atoms in total. The van der Waals surface area contributed by atoms with Gasteiger partial charge in [0.25, 0.3) is 0 Å². The van der Waals surface area contributed by atoms with Crippen LogP contribution in [0.4, 0.5) is 5.69 Å². The molecule has 158 valence electrons. The molecule has 2 amide bonds. The lowest BCUT2D eigenvalue weighted by atomic mass is 9.77. The first-order valence-corrected chi connectivity index (χ1v) is 10.9.